The Hall–Kier alpha value is -1.55. The summed E-state index contributed by atoms with van der Waals surface area (Å²) >= 11 is 0. The van der Waals surface area contributed by atoms with Gasteiger partial charge in [-0.1, -0.05) is 18.2 Å². The standard InChI is InChI=1S/C19H23NO3/c1-22-19-8-6-18(12-19,7-9-19)17(21)20-11-13-10-15(20)14-4-2-3-5-16(14)23-13/h2-5,13,15H,6-12H2,1H3/t13-,15-,18?,19?/m0/s1. The van der Waals surface area contributed by atoms with Gasteiger partial charge in [-0.25, -0.2) is 0 Å². The highest BCUT2D eigenvalue weighted by molar-refractivity contribution is 5.85. The molecule has 2 heterocycles. The number of carbonyl (C=O) groups excluding carboxylic acids is 1. The fourth-order valence-electron chi connectivity index (χ4n) is 5.47. The molecule has 1 amide bonds. The molecule has 5 rings (SSSR count). The van der Waals surface area contributed by atoms with Crippen LogP contribution in [0.5, 0.6) is 5.75 Å². The molecule has 1 saturated heterocycles. The second-order valence-corrected chi connectivity index (χ2v) is 7.83. The quantitative estimate of drug-likeness (QED) is 0.842. The highest BCUT2D eigenvalue weighted by atomic mass is 16.5. The minimum absolute atomic E-state index is 0.0289. The Labute approximate surface area is 136 Å². The molecule has 0 spiro atoms. The van der Waals surface area contributed by atoms with Gasteiger partial charge < -0.3 is 14.4 Å². The van der Waals surface area contributed by atoms with Crippen LogP contribution in [0, 0.1) is 5.41 Å². The maximum absolute atomic E-state index is 13.5. The van der Waals surface area contributed by atoms with Gasteiger partial charge in [0.05, 0.1) is 23.6 Å². The van der Waals surface area contributed by atoms with E-state index in [0.717, 1.165) is 50.8 Å². The number of methoxy groups -OCH3 is 1. The third-order valence-electron chi connectivity index (χ3n) is 6.76. The second kappa shape index (κ2) is 4.50. The van der Waals surface area contributed by atoms with Crippen molar-refractivity contribution in [3.8, 4) is 5.75 Å². The number of amides is 1. The van der Waals surface area contributed by atoms with E-state index in [1.54, 1.807) is 7.11 Å². The van der Waals surface area contributed by atoms with Crippen LogP contribution in [-0.2, 0) is 9.53 Å². The molecule has 0 unspecified atom stereocenters. The lowest BCUT2D eigenvalue weighted by Gasteiger charge is -2.34. The molecule has 0 radical (unpaired) electrons. The Morgan fingerprint density at radius 1 is 1.26 bits per heavy atom. The number of carbonyl (C=O) groups is 1. The molecule has 4 bridgehead atoms. The number of para-hydroxylation sites is 1. The van der Waals surface area contributed by atoms with Crippen LogP contribution < -0.4 is 4.74 Å². The predicted octanol–water partition coefficient (Wildman–Crippen LogP) is 3.07. The summed E-state index contributed by atoms with van der Waals surface area (Å²) in [5, 5.41) is 0. The molecule has 0 N–H and O–H groups in total. The summed E-state index contributed by atoms with van der Waals surface area (Å²) in [7, 11) is 1.80. The Kier molecular flexibility index (Phi) is 2.71. The molecule has 2 aliphatic carbocycles. The molecule has 4 heteroatoms. The minimum atomic E-state index is -0.178. The van der Waals surface area contributed by atoms with Gasteiger partial charge >= 0.3 is 0 Å². The summed E-state index contributed by atoms with van der Waals surface area (Å²) in [5.74, 6) is 1.31. The smallest absolute Gasteiger partial charge is 0.229 e. The molecule has 2 aliphatic heterocycles. The Morgan fingerprint density at radius 3 is 2.78 bits per heavy atom. The Balaban J connectivity index is 1.46. The summed E-state index contributed by atoms with van der Waals surface area (Å²) in [5.41, 5.74) is 0.974. The van der Waals surface area contributed by atoms with Crippen LogP contribution >= 0.6 is 0 Å². The monoisotopic (exact) mass is 313 g/mol. The van der Waals surface area contributed by atoms with Gasteiger partial charge in [-0.3, -0.25) is 4.79 Å². The lowest BCUT2D eigenvalue weighted by molar-refractivity contribution is -0.142. The Morgan fingerprint density at radius 2 is 2.04 bits per heavy atom. The van der Waals surface area contributed by atoms with Crippen molar-refractivity contribution in [2.24, 2.45) is 5.41 Å². The highest BCUT2D eigenvalue weighted by Crippen LogP contribution is 2.60. The van der Waals surface area contributed by atoms with Crippen LogP contribution in [0.4, 0.5) is 0 Å². The van der Waals surface area contributed by atoms with E-state index in [1.807, 2.05) is 18.2 Å². The van der Waals surface area contributed by atoms with E-state index in [-0.39, 0.29) is 23.2 Å². The zero-order valence-corrected chi connectivity index (χ0v) is 13.6. The molecular formula is C19H23NO3. The Bertz CT molecular complexity index is 662. The van der Waals surface area contributed by atoms with Gasteiger partial charge in [0.1, 0.15) is 11.9 Å². The molecule has 1 aromatic carbocycles. The molecule has 4 nitrogen and oxygen atoms in total. The van der Waals surface area contributed by atoms with E-state index in [4.69, 9.17) is 9.47 Å². The SMILES string of the molecule is COC12CCC(C(=O)N3C[C@@H]4C[C@H]3c3ccccc3O4)(CC1)C2. The fraction of sp³-hybridized carbons (Fsp3) is 0.632. The summed E-state index contributed by atoms with van der Waals surface area (Å²) in [6.07, 6.45) is 6.03. The average molecular weight is 313 g/mol. The van der Waals surface area contributed by atoms with Crippen molar-refractivity contribution in [1.82, 2.24) is 4.90 Å². The number of hydrogen-bond donors (Lipinski definition) is 0. The van der Waals surface area contributed by atoms with Crippen molar-refractivity contribution < 1.29 is 14.3 Å². The van der Waals surface area contributed by atoms with Crippen LogP contribution in [0.3, 0.4) is 0 Å². The van der Waals surface area contributed by atoms with Crippen molar-refractivity contribution in [1.29, 1.82) is 0 Å². The fourth-order valence-corrected chi connectivity index (χ4v) is 5.47. The van der Waals surface area contributed by atoms with E-state index < -0.39 is 0 Å². The van der Waals surface area contributed by atoms with Gasteiger partial charge in [0.25, 0.3) is 0 Å². The first-order valence-electron chi connectivity index (χ1n) is 8.77. The summed E-state index contributed by atoms with van der Waals surface area (Å²) < 4.78 is 11.8. The largest absolute Gasteiger partial charge is 0.488 e. The maximum atomic E-state index is 13.5. The molecule has 3 fully saturated rings. The van der Waals surface area contributed by atoms with Gasteiger partial charge in [-0.05, 0) is 38.2 Å². The van der Waals surface area contributed by atoms with E-state index in [0.29, 0.717) is 5.91 Å². The lowest BCUT2D eigenvalue weighted by atomic mass is 9.82. The zero-order chi connectivity index (χ0) is 15.7. The van der Waals surface area contributed by atoms with Crippen molar-refractivity contribution in [2.75, 3.05) is 13.7 Å². The van der Waals surface area contributed by atoms with Crippen LogP contribution in [0.1, 0.15) is 50.1 Å². The molecule has 2 atom stereocenters. The molecule has 122 valence electrons. The van der Waals surface area contributed by atoms with Crippen LogP contribution in [0.2, 0.25) is 0 Å². The molecule has 2 saturated carbocycles. The number of likely N-dealkylation sites (tertiary alicyclic amines) is 1. The van der Waals surface area contributed by atoms with Crippen molar-refractivity contribution in [2.45, 2.75) is 56.3 Å². The van der Waals surface area contributed by atoms with Gasteiger partial charge in [-0.15, -0.1) is 0 Å². The predicted molar refractivity (Wildman–Crippen MR) is 85.2 cm³/mol. The lowest BCUT2D eigenvalue weighted by Crippen LogP contribution is -2.41. The van der Waals surface area contributed by atoms with Crippen molar-refractivity contribution >= 4 is 5.91 Å². The number of ether oxygens (including phenoxy) is 2. The topological polar surface area (TPSA) is 38.8 Å². The number of hydrogen-bond acceptors (Lipinski definition) is 3. The van der Waals surface area contributed by atoms with E-state index in [9.17, 15) is 4.79 Å². The van der Waals surface area contributed by atoms with Gasteiger partial charge in [0.15, 0.2) is 0 Å². The third kappa shape index (κ3) is 1.78. The first-order chi connectivity index (χ1) is 11.1. The van der Waals surface area contributed by atoms with Gasteiger partial charge in [-0.2, -0.15) is 0 Å². The second-order valence-electron chi connectivity index (χ2n) is 7.83. The average Bonchev–Trinajstić information content (AvgIpc) is 3.26. The summed E-state index contributed by atoms with van der Waals surface area (Å²) in [4.78, 5) is 15.6. The first kappa shape index (κ1) is 13.8. The molecule has 4 aliphatic rings. The number of benzene rings is 1. The number of nitrogens with zero attached hydrogens (tertiary/aromatic N) is 1. The summed E-state index contributed by atoms with van der Waals surface area (Å²) in [6, 6.07) is 8.40. The van der Waals surface area contributed by atoms with E-state index in [1.165, 1.54) is 5.56 Å². The molecule has 0 aromatic heterocycles. The van der Waals surface area contributed by atoms with Crippen molar-refractivity contribution in [3.63, 3.8) is 0 Å². The number of rotatable bonds is 2. The third-order valence-corrected chi connectivity index (χ3v) is 6.76. The summed E-state index contributed by atoms with van der Waals surface area (Å²) in [6.45, 7) is 0.736. The van der Waals surface area contributed by atoms with Gasteiger partial charge in [0.2, 0.25) is 5.91 Å². The first-order valence-corrected chi connectivity index (χ1v) is 8.77. The molecular weight excluding hydrogens is 290 g/mol. The minimum Gasteiger partial charge on any atom is -0.488 e. The van der Waals surface area contributed by atoms with Crippen molar-refractivity contribution in [3.05, 3.63) is 29.8 Å². The highest BCUT2D eigenvalue weighted by Gasteiger charge is 2.60. The van der Waals surface area contributed by atoms with Crippen LogP contribution in [-0.4, -0.2) is 36.2 Å². The van der Waals surface area contributed by atoms with Crippen LogP contribution in [0.15, 0.2) is 24.3 Å². The zero-order valence-electron chi connectivity index (χ0n) is 13.6. The van der Waals surface area contributed by atoms with E-state index >= 15 is 0 Å². The molecule has 23 heavy (non-hydrogen) atoms. The normalized spacial score (nSPS) is 40.1. The van der Waals surface area contributed by atoms with E-state index in [2.05, 4.69) is 11.0 Å². The maximum Gasteiger partial charge on any atom is 0.229 e. The molecule has 1 aromatic rings. The van der Waals surface area contributed by atoms with Crippen LogP contribution in [0.25, 0.3) is 0 Å². The van der Waals surface area contributed by atoms with Gasteiger partial charge in [0, 0.05) is 19.1 Å². The number of fused-ring (bicyclic) bond motifs is 6.